The summed E-state index contributed by atoms with van der Waals surface area (Å²) in [7, 11) is -4.22. The Hall–Kier alpha value is -0.990. The van der Waals surface area contributed by atoms with Gasteiger partial charge in [-0.2, -0.15) is 0 Å². The lowest BCUT2D eigenvalue weighted by Crippen LogP contribution is -2.32. The lowest BCUT2D eigenvalue weighted by atomic mass is 10.2. The zero-order valence-electron chi connectivity index (χ0n) is 10.4. The van der Waals surface area contributed by atoms with Gasteiger partial charge >= 0.3 is 0 Å². The summed E-state index contributed by atoms with van der Waals surface area (Å²) in [6, 6.07) is 1.75. The van der Waals surface area contributed by atoms with E-state index in [1.165, 1.54) is 0 Å². The standard InChI is InChI=1S/C11H14BrFN2O3S/c1-3-6(2)15-11(16)7-4-10(19(14,17)18)9(13)5-8(7)12/h4-6H,3H2,1-2H3,(H,15,16)(H2,14,17,18). The normalized spacial score (nSPS) is 13.1. The van der Waals surface area contributed by atoms with E-state index in [0.717, 1.165) is 12.1 Å². The number of primary sulfonamides is 1. The zero-order chi connectivity index (χ0) is 14.8. The third-order valence-corrected chi connectivity index (χ3v) is 4.14. The van der Waals surface area contributed by atoms with Crippen LogP contribution < -0.4 is 10.5 Å². The number of nitrogens with two attached hydrogens (primary N) is 1. The number of carbonyl (C=O) groups excluding carboxylic acids is 1. The number of amides is 1. The van der Waals surface area contributed by atoms with Gasteiger partial charge < -0.3 is 5.32 Å². The minimum Gasteiger partial charge on any atom is -0.350 e. The van der Waals surface area contributed by atoms with E-state index in [4.69, 9.17) is 5.14 Å². The Balaban J connectivity index is 3.26. The first-order valence-electron chi connectivity index (χ1n) is 5.49. The molecule has 0 aliphatic heterocycles. The minimum atomic E-state index is -4.22. The Morgan fingerprint density at radius 3 is 2.58 bits per heavy atom. The van der Waals surface area contributed by atoms with Crippen molar-refractivity contribution in [2.24, 2.45) is 5.14 Å². The monoisotopic (exact) mass is 352 g/mol. The van der Waals surface area contributed by atoms with Crippen molar-refractivity contribution in [3.63, 3.8) is 0 Å². The fraction of sp³-hybridized carbons (Fsp3) is 0.364. The van der Waals surface area contributed by atoms with E-state index >= 15 is 0 Å². The highest BCUT2D eigenvalue weighted by atomic mass is 79.9. The first-order valence-corrected chi connectivity index (χ1v) is 7.83. The number of nitrogens with one attached hydrogen (secondary N) is 1. The minimum absolute atomic E-state index is 0.0192. The predicted molar refractivity (Wildman–Crippen MR) is 72.7 cm³/mol. The molecule has 3 N–H and O–H groups in total. The molecule has 0 radical (unpaired) electrons. The van der Waals surface area contributed by atoms with Crippen molar-refractivity contribution in [2.75, 3.05) is 0 Å². The summed E-state index contributed by atoms with van der Waals surface area (Å²) < 4.78 is 36.1. The molecule has 0 saturated heterocycles. The third-order valence-electron chi connectivity index (χ3n) is 2.56. The van der Waals surface area contributed by atoms with Crippen molar-refractivity contribution >= 4 is 31.9 Å². The van der Waals surface area contributed by atoms with E-state index in [1.807, 2.05) is 6.92 Å². The van der Waals surface area contributed by atoms with Crippen LogP contribution in [0.15, 0.2) is 21.5 Å². The maximum atomic E-state index is 13.5. The molecule has 0 saturated carbocycles. The highest BCUT2D eigenvalue weighted by molar-refractivity contribution is 9.10. The van der Waals surface area contributed by atoms with Crippen LogP contribution in [-0.2, 0) is 10.0 Å². The molecule has 0 heterocycles. The maximum absolute atomic E-state index is 13.5. The molecule has 0 spiro atoms. The second-order valence-electron chi connectivity index (χ2n) is 4.09. The van der Waals surface area contributed by atoms with Gasteiger partial charge in [-0.25, -0.2) is 17.9 Å². The van der Waals surface area contributed by atoms with Gasteiger partial charge in [0.1, 0.15) is 10.7 Å². The average molecular weight is 353 g/mol. The predicted octanol–water partition coefficient (Wildman–Crippen LogP) is 1.76. The second-order valence-corrected chi connectivity index (χ2v) is 6.47. The summed E-state index contributed by atoms with van der Waals surface area (Å²) in [5, 5.41) is 7.55. The van der Waals surface area contributed by atoms with Crippen LogP contribution in [0.1, 0.15) is 30.6 Å². The Morgan fingerprint density at radius 2 is 2.11 bits per heavy atom. The van der Waals surface area contributed by atoms with E-state index < -0.39 is 26.6 Å². The van der Waals surface area contributed by atoms with Gasteiger partial charge in [0.2, 0.25) is 10.0 Å². The Bertz CT molecular complexity index is 604. The summed E-state index contributed by atoms with van der Waals surface area (Å²) in [4.78, 5) is 11.2. The fourth-order valence-corrected chi connectivity index (χ4v) is 2.43. The number of hydrogen-bond donors (Lipinski definition) is 2. The third kappa shape index (κ3) is 3.99. The molecule has 1 aromatic carbocycles. The molecule has 0 aromatic heterocycles. The van der Waals surface area contributed by atoms with Gasteiger partial charge in [-0.1, -0.05) is 6.92 Å². The number of hydrogen-bond acceptors (Lipinski definition) is 3. The molecule has 1 rings (SSSR count). The molecule has 0 fully saturated rings. The van der Waals surface area contributed by atoms with Crippen molar-refractivity contribution < 1.29 is 17.6 Å². The topological polar surface area (TPSA) is 89.3 Å². The molecule has 106 valence electrons. The van der Waals surface area contributed by atoms with Gasteiger partial charge in [-0.3, -0.25) is 4.79 Å². The van der Waals surface area contributed by atoms with Crippen LogP contribution in [-0.4, -0.2) is 20.4 Å². The van der Waals surface area contributed by atoms with Crippen LogP contribution in [0.25, 0.3) is 0 Å². The number of halogens is 2. The average Bonchev–Trinajstić information content (AvgIpc) is 2.26. The van der Waals surface area contributed by atoms with Gasteiger partial charge in [0, 0.05) is 10.5 Å². The number of sulfonamides is 1. The van der Waals surface area contributed by atoms with Crippen LogP contribution in [0.4, 0.5) is 4.39 Å². The van der Waals surface area contributed by atoms with E-state index in [-0.39, 0.29) is 16.1 Å². The lowest BCUT2D eigenvalue weighted by molar-refractivity contribution is 0.0938. The number of benzene rings is 1. The van der Waals surface area contributed by atoms with Crippen LogP contribution in [0, 0.1) is 5.82 Å². The SMILES string of the molecule is CCC(C)NC(=O)c1cc(S(N)(=O)=O)c(F)cc1Br. The zero-order valence-corrected chi connectivity index (χ0v) is 12.8. The van der Waals surface area contributed by atoms with Gasteiger partial charge in [0.25, 0.3) is 5.91 Å². The Labute approximate surface area is 119 Å². The van der Waals surface area contributed by atoms with E-state index in [9.17, 15) is 17.6 Å². The second kappa shape index (κ2) is 5.98. The first-order chi connectivity index (χ1) is 8.66. The van der Waals surface area contributed by atoms with Crippen molar-refractivity contribution in [2.45, 2.75) is 31.2 Å². The molecule has 5 nitrogen and oxygen atoms in total. The van der Waals surface area contributed by atoms with Crippen LogP contribution in [0.3, 0.4) is 0 Å². The van der Waals surface area contributed by atoms with Crippen LogP contribution in [0.2, 0.25) is 0 Å². The molecular weight excluding hydrogens is 339 g/mol. The molecule has 0 bridgehead atoms. The molecule has 1 amide bonds. The smallest absolute Gasteiger partial charge is 0.252 e. The first kappa shape index (κ1) is 16.1. The summed E-state index contributed by atoms with van der Waals surface area (Å²) >= 11 is 3.02. The van der Waals surface area contributed by atoms with Crippen molar-refractivity contribution in [3.8, 4) is 0 Å². The molecule has 0 aliphatic carbocycles. The summed E-state index contributed by atoms with van der Waals surface area (Å²) in [5.74, 6) is -1.50. The van der Waals surface area contributed by atoms with Gasteiger partial charge in [-0.15, -0.1) is 0 Å². The van der Waals surface area contributed by atoms with Crippen LogP contribution >= 0.6 is 15.9 Å². The van der Waals surface area contributed by atoms with Gasteiger partial charge in [-0.05, 0) is 41.4 Å². The molecule has 1 aromatic rings. The lowest BCUT2D eigenvalue weighted by Gasteiger charge is -2.13. The summed E-state index contributed by atoms with van der Waals surface area (Å²) in [5.41, 5.74) is 0.0192. The number of rotatable bonds is 4. The van der Waals surface area contributed by atoms with Crippen LogP contribution in [0.5, 0.6) is 0 Å². The van der Waals surface area contributed by atoms with E-state index in [2.05, 4.69) is 21.2 Å². The van der Waals surface area contributed by atoms with E-state index in [0.29, 0.717) is 6.42 Å². The molecule has 1 unspecified atom stereocenters. The van der Waals surface area contributed by atoms with Crippen molar-refractivity contribution in [1.82, 2.24) is 5.32 Å². The van der Waals surface area contributed by atoms with Gasteiger partial charge in [0.05, 0.1) is 5.56 Å². The molecule has 0 aliphatic rings. The van der Waals surface area contributed by atoms with Crippen molar-refractivity contribution in [3.05, 3.63) is 28.0 Å². The highest BCUT2D eigenvalue weighted by Crippen LogP contribution is 2.23. The molecule has 19 heavy (non-hydrogen) atoms. The number of carbonyl (C=O) groups is 1. The molecule has 8 heteroatoms. The Morgan fingerprint density at radius 1 is 1.53 bits per heavy atom. The molecule has 1 atom stereocenters. The summed E-state index contributed by atoms with van der Waals surface area (Å²) in [6.07, 6.45) is 0.715. The van der Waals surface area contributed by atoms with E-state index in [1.54, 1.807) is 6.92 Å². The largest absolute Gasteiger partial charge is 0.350 e. The Kier molecular flexibility index (Phi) is 5.05. The quantitative estimate of drug-likeness (QED) is 0.865. The highest BCUT2D eigenvalue weighted by Gasteiger charge is 2.21. The fourth-order valence-electron chi connectivity index (χ4n) is 1.32. The maximum Gasteiger partial charge on any atom is 0.252 e. The summed E-state index contributed by atoms with van der Waals surface area (Å²) in [6.45, 7) is 3.69. The van der Waals surface area contributed by atoms with Crippen molar-refractivity contribution in [1.29, 1.82) is 0 Å². The van der Waals surface area contributed by atoms with Gasteiger partial charge in [0.15, 0.2) is 0 Å². The molecular formula is C11H14BrFN2O3S.